The van der Waals surface area contributed by atoms with Crippen LogP contribution in [0.2, 0.25) is 0 Å². The van der Waals surface area contributed by atoms with Crippen molar-refractivity contribution in [2.75, 3.05) is 31.2 Å². The van der Waals surface area contributed by atoms with Gasteiger partial charge in [-0.25, -0.2) is 9.79 Å². The van der Waals surface area contributed by atoms with Gasteiger partial charge in [-0.05, 0) is 42.6 Å². The number of carboxylic acid groups (broad SMARTS) is 1. The molecule has 2 aliphatic heterocycles. The standard InChI is InChI=1S/C30H42N6O3/c1-20-10-12-22(13-11-20)18-36-25-26(31)35(15-14-21-6-5-7-21)28(29(37)38)32-27(25)33-30(36)34-16-17-39-19-24(34)23-8-3-2-4-9-23/h2-4,8-9,20-22,24,26H,5-7,10-19,31H2,1H3,(H,37,38)/t20-,22-,24-,26?/m0/s1. The van der Waals surface area contributed by atoms with Gasteiger partial charge in [-0.15, -0.1) is 0 Å². The van der Waals surface area contributed by atoms with Gasteiger partial charge in [0.25, 0.3) is 0 Å². The van der Waals surface area contributed by atoms with Gasteiger partial charge in [0.15, 0.2) is 5.82 Å². The zero-order valence-electron chi connectivity index (χ0n) is 23.0. The lowest BCUT2D eigenvalue weighted by Gasteiger charge is -2.39. The number of nitrogens with two attached hydrogens (primary N) is 1. The molecule has 39 heavy (non-hydrogen) atoms. The third-order valence-electron chi connectivity index (χ3n) is 9.41. The summed E-state index contributed by atoms with van der Waals surface area (Å²) in [5.41, 5.74) is 8.98. The fourth-order valence-corrected chi connectivity index (χ4v) is 6.74. The Hall–Kier alpha value is -2.91. The first-order chi connectivity index (χ1) is 19.0. The summed E-state index contributed by atoms with van der Waals surface area (Å²) >= 11 is 0. The minimum atomic E-state index is -1.05. The summed E-state index contributed by atoms with van der Waals surface area (Å²) in [6, 6.07) is 10.4. The van der Waals surface area contributed by atoms with E-state index in [0.717, 1.165) is 30.5 Å². The molecule has 4 aliphatic rings. The van der Waals surface area contributed by atoms with E-state index in [4.69, 9.17) is 15.5 Å². The van der Waals surface area contributed by atoms with Crippen LogP contribution in [0.15, 0.2) is 35.3 Å². The van der Waals surface area contributed by atoms with E-state index in [-0.39, 0.29) is 11.9 Å². The summed E-state index contributed by atoms with van der Waals surface area (Å²) in [4.78, 5) is 26.2. The largest absolute Gasteiger partial charge is 0.475 e. The number of hydrogen-bond donors (Lipinski definition) is 2. The van der Waals surface area contributed by atoms with Gasteiger partial charge in [-0.1, -0.05) is 69.4 Å². The molecular formula is C30H42N6O3. The van der Waals surface area contributed by atoms with E-state index >= 15 is 0 Å². The quantitative estimate of drug-likeness (QED) is 0.498. The van der Waals surface area contributed by atoms with Crippen molar-refractivity contribution in [2.45, 2.75) is 77.0 Å². The minimum Gasteiger partial charge on any atom is -0.475 e. The van der Waals surface area contributed by atoms with Crippen molar-refractivity contribution in [2.24, 2.45) is 28.5 Å². The number of carboxylic acids is 1. The highest BCUT2D eigenvalue weighted by Crippen LogP contribution is 2.41. The van der Waals surface area contributed by atoms with Crippen LogP contribution >= 0.6 is 0 Å². The van der Waals surface area contributed by atoms with Crippen LogP contribution in [-0.4, -0.2) is 57.7 Å². The van der Waals surface area contributed by atoms with Gasteiger partial charge in [0.05, 0.1) is 19.3 Å². The van der Waals surface area contributed by atoms with E-state index in [9.17, 15) is 9.90 Å². The maximum Gasteiger partial charge on any atom is 0.371 e. The molecule has 0 spiro atoms. The van der Waals surface area contributed by atoms with Crippen molar-refractivity contribution in [3.05, 3.63) is 41.6 Å². The number of carbonyl (C=O) groups is 1. The Bertz CT molecular complexity index is 1180. The molecule has 3 heterocycles. The molecule has 1 unspecified atom stereocenters. The third-order valence-corrected chi connectivity index (χ3v) is 9.41. The molecule has 0 bridgehead atoms. The number of morpholine rings is 1. The highest BCUT2D eigenvalue weighted by Gasteiger charge is 2.39. The van der Waals surface area contributed by atoms with Gasteiger partial charge in [-0.2, -0.15) is 4.98 Å². The lowest BCUT2D eigenvalue weighted by molar-refractivity contribution is -0.130. The Morgan fingerprint density at radius 2 is 1.87 bits per heavy atom. The Balaban J connectivity index is 1.40. The Labute approximate surface area is 231 Å². The van der Waals surface area contributed by atoms with Crippen LogP contribution in [-0.2, 0) is 16.1 Å². The van der Waals surface area contributed by atoms with Crippen molar-refractivity contribution in [3.63, 3.8) is 0 Å². The molecule has 0 radical (unpaired) electrons. The fourth-order valence-electron chi connectivity index (χ4n) is 6.74. The number of aliphatic imine (C=N–C) groups is 1. The van der Waals surface area contributed by atoms with Crippen molar-refractivity contribution in [1.82, 2.24) is 14.5 Å². The third kappa shape index (κ3) is 5.31. The summed E-state index contributed by atoms with van der Waals surface area (Å²) in [6.45, 7) is 5.66. The number of aromatic nitrogens is 2. The second kappa shape index (κ2) is 11.3. The summed E-state index contributed by atoms with van der Waals surface area (Å²) in [5.74, 6) is 2.21. The van der Waals surface area contributed by atoms with Crippen LogP contribution in [0.1, 0.15) is 81.8 Å². The average Bonchev–Trinajstić information content (AvgIpc) is 3.28. The van der Waals surface area contributed by atoms with Gasteiger partial charge in [0.1, 0.15) is 11.9 Å². The van der Waals surface area contributed by atoms with Crippen LogP contribution in [0.25, 0.3) is 0 Å². The van der Waals surface area contributed by atoms with Crippen LogP contribution in [0.4, 0.5) is 11.8 Å². The maximum absolute atomic E-state index is 12.3. The first-order valence-corrected chi connectivity index (χ1v) is 14.8. The highest BCUT2D eigenvalue weighted by molar-refractivity contribution is 6.35. The molecular weight excluding hydrogens is 492 g/mol. The van der Waals surface area contributed by atoms with Crippen molar-refractivity contribution in [3.8, 4) is 0 Å². The minimum absolute atomic E-state index is 0.0126. The number of anilines is 1. The van der Waals surface area contributed by atoms with Gasteiger partial charge in [0, 0.05) is 19.6 Å². The van der Waals surface area contributed by atoms with Crippen LogP contribution in [0, 0.1) is 17.8 Å². The molecule has 210 valence electrons. The molecule has 2 aliphatic carbocycles. The number of aliphatic carboxylic acids is 1. The lowest BCUT2D eigenvalue weighted by atomic mass is 9.83. The first kappa shape index (κ1) is 26.3. The molecule has 6 rings (SSSR count). The van der Waals surface area contributed by atoms with Gasteiger partial charge < -0.3 is 29.9 Å². The van der Waals surface area contributed by atoms with Crippen LogP contribution in [0.3, 0.4) is 0 Å². The maximum atomic E-state index is 12.3. The molecule has 0 amide bonds. The second-order valence-corrected chi connectivity index (χ2v) is 12.0. The predicted octanol–water partition coefficient (Wildman–Crippen LogP) is 4.87. The monoisotopic (exact) mass is 534 g/mol. The Morgan fingerprint density at radius 3 is 2.56 bits per heavy atom. The Morgan fingerprint density at radius 1 is 1.10 bits per heavy atom. The molecule has 2 aromatic rings. The van der Waals surface area contributed by atoms with Crippen molar-refractivity contribution in [1.29, 1.82) is 0 Å². The molecule has 2 atom stereocenters. The number of hydrogen-bond acceptors (Lipinski definition) is 7. The Kier molecular flexibility index (Phi) is 7.62. The van der Waals surface area contributed by atoms with Crippen molar-refractivity contribution < 1.29 is 14.6 Å². The summed E-state index contributed by atoms with van der Waals surface area (Å²) in [6.07, 6.45) is 8.89. The van der Waals surface area contributed by atoms with Crippen LogP contribution in [0.5, 0.6) is 0 Å². The average molecular weight is 535 g/mol. The topological polar surface area (TPSA) is 109 Å². The molecule has 3 N–H and O–H groups in total. The molecule has 9 nitrogen and oxygen atoms in total. The molecule has 9 heteroatoms. The molecule has 3 fully saturated rings. The zero-order chi connectivity index (χ0) is 26.9. The lowest BCUT2D eigenvalue weighted by Crippen LogP contribution is -2.47. The van der Waals surface area contributed by atoms with E-state index < -0.39 is 12.1 Å². The number of fused-ring (bicyclic) bond motifs is 1. The zero-order valence-corrected chi connectivity index (χ0v) is 23.0. The summed E-state index contributed by atoms with van der Waals surface area (Å²) in [7, 11) is 0. The molecule has 1 aromatic heterocycles. The predicted molar refractivity (Wildman–Crippen MR) is 151 cm³/mol. The van der Waals surface area contributed by atoms with E-state index in [0.29, 0.717) is 44.0 Å². The molecule has 1 aromatic carbocycles. The van der Waals surface area contributed by atoms with Crippen molar-refractivity contribution >= 4 is 23.6 Å². The highest BCUT2D eigenvalue weighted by atomic mass is 16.5. The van der Waals surface area contributed by atoms with E-state index in [1.807, 2.05) is 11.0 Å². The molecule has 2 saturated carbocycles. The number of ether oxygens (including phenoxy) is 1. The first-order valence-electron chi connectivity index (χ1n) is 14.8. The number of imidazole rings is 1. The number of benzene rings is 1. The SMILES string of the molecule is C[C@H]1CC[C@H](Cn2c(N3CCOC[C@H]3c3ccccc3)nc3c2C(N)N(CCC2CCC2)C(C(=O)O)=N3)CC1. The smallest absolute Gasteiger partial charge is 0.371 e. The second-order valence-electron chi connectivity index (χ2n) is 12.0. The van der Waals surface area contributed by atoms with E-state index in [1.54, 1.807) is 0 Å². The van der Waals surface area contributed by atoms with Gasteiger partial charge in [-0.3, -0.25) is 0 Å². The number of amidine groups is 1. The van der Waals surface area contributed by atoms with Crippen LogP contribution < -0.4 is 10.6 Å². The van der Waals surface area contributed by atoms with Gasteiger partial charge in [0.2, 0.25) is 11.8 Å². The summed E-state index contributed by atoms with van der Waals surface area (Å²) in [5, 5.41) is 10.1. The summed E-state index contributed by atoms with van der Waals surface area (Å²) < 4.78 is 8.22. The van der Waals surface area contributed by atoms with E-state index in [2.05, 4.69) is 45.6 Å². The van der Waals surface area contributed by atoms with Gasteiger partial charge >= 0.3 is 5.97 Å². The fraction of sp³-hybridized carbons (Fsp3) is 0.633. The molecule has 1 saturated heterocycles. The normalized spacial score (nSPS) is 27.6. The van der Waals surface area contributed by atoms with E-state index in [1.165, 1.54) is 50.5 Å². The number of rotatable bonds is 8. The number of nitrogens with zero attached hydrogens (tertiary/aromatic N) is 5.